The minimum absolute atomic E-state index is 0.593. The van der Waals surface area contributed by atoms with E-state index in [9.17, 15) is 0 Å². The van der Waals surface area contributed by atoms with Gasteiger partial charge < -0.3 is 10.3 Å². The van der Waals surface area contributed by atoms with E-state index in [0.717, 1.165) is 14.7 Å². The van der Waals surface area contributed by atoms with Crippen LogP contribution in [0.4, 0.5) is 5.69 Å². The summed E-state index contributed by atoms with van der Waals surface area (Å²) in [4.78, 5) is 4.37. The molecule has 7 heteroatoms. The van der Waals surface area contributed by atoms with Crippen LogP contribution >= 0.6 is 27.7 Å². The molecule has 0 bridgehead atoms. The second-order valence-corrected chi connectivity index (χ2v) is 7.18. The van der Waals surface area contributed by atoms with Gasteiger partial charge in [-0.3, -0.25) is 0 Å². The van der Waals surface area contributed by atoms with Crippen molar-refractivity contribution in [1.29, 1.82) is 0 Å². The van der Waals surface area contributed by atoms with Crippen molar-refractivity contribution in [3.8, 4) is 0 Å². The summed E-state index contributed by atoms with van der Waals surface area (Å²) < 4.78 is 3.23. The van der Waals surface area contributed by atoms with Crippen molar-refractivity contribution in [2.75, 3.05) is 5.73 Å². The van der Waals surface area contributed by atoms with Crippen LogP contribution < -0.4 is 5.73 Å². The van der Waals surface area contributed by atoms with Crippen molar-refractivity contribution in [3.63, 3.8) is 0 Å². The molecule has 0 radical (unpaired) electrons. The van der Waals surface area contributed by atoms with Gasteiger partial charge in [-0.25, -0.2) is 4.98 Å². The number of rotatable bonds is 4. The van der Waals surface area contributed by atoms with Gasteiger partial charge in [0.15, 0.2) is 5.16 Å². The second-order valence-electron chi connectivity index (χ2n) is 5.37. The lowest BCUT2D eigenvalue weighted by Gasteiger charge is -2.08. The molecule has 5 nitrogen and oxygen atoms in total. The molecule has 2 aliphatic rings. The normalized spacial score (nSPS) is 18.4. The molecule has 2 aromatic heterocycles. The highest BCUT2D eigenvalue weighted by Gasteiger charge is 2.36. The smallest absolute Gasteiger partial charge is 0.197 e. The number of halogens is 1. The van der Waals surface area contributed by atoms with E-state index in [2.05, 4.69) is 35.7 Å². The molecule has 104 valence electrons. The standard InChI is InChI=1S/C13H14BrN5S/c14-10-5-8(15)6-16-12(10)20-13-18-17-11(7-1-2-7)19(13)9-3-4-9/h5-7,9H,1-4,15H2. The zero-order valence-electron chi connectivity index (χ0n) is 10.8. The molecule has 0 saturated heterocycles. The Hall–Kier alpha value is -1.08. The van der Waals surface area contributed by atoms with E-state index < -0.39 is 0 Å². The SMILES string of the molecule is Nc1cnc(Sc2nnc(C3CC3)n2C2CC2)c(Br)c1. The molecule has 2 aliphatic carbocycles. The number of aromatic nitrogens is 4. The van der Waals surface area contributed by atoms with E-state index >= 15 is 0 Å². The number of nitrogens with zero attached hydrogens (tertiary/aromatic N) is 4. The Balaban J connectivity index is 1.68. The lowest BCUT2D eigenvalue weighted by Crippen LogP contribution is -2.02. The van der Waals surface area contributed by atoms with Crippen LogP contribution in [0.1, 0.15) is 43.5 Å². The van der Waals surface area contributed by atoms with Crippen molar-refractivity contribution >= 4 is 33.4 Å². The number of nitrogen functional groups attached to an aromatic ring is 1. The van der Waals surface area contributed by atoms with Gasteiger partial charge in [-0.2, -0.15) is 0 Å². The summed E-state index contributed by atoms with van der Waals surface area (Å²) in [5.41, 5.74) is 6.38. The first kappa shape index (κ1) is 12.6. The molecule has 2 aromatic rings. The first-order valence-electron chi connectivity index (χ1n) is 6.76. The molecule has 0 spiro atoms. The zero-order valence-corrected chi connectivity index (χ0v) is 13.2. The van der Waals surface area contributed by atoms with Crippen LogP contribution in [0.15, 0.2) is 26.9 Å². The summed E-state index contributed by atoms with van der Waals surface area (Å²) in [6.07, 6.45) is 6.65. The molecular weight excluding hydrogens is 338 g/mol. The predicted molar refractivity (Wildman–Crippen MR) is 80.7 cm³/mol. The van der Waals surface area contributed by atoms with Crippen LogP contribution in [0, 0.1) is 0 Å². The Kier molecular flexibility index (Phi) is 2.99. The molecule has 2 N–H and O–H groups in total. The third kappa shape index (κ3) is 2.33. The van der Waals surface area contributed by atoms with Crippen LogP contribution in [0.5, 0.6) is 0 Å². The second kappa shape index (κ2) is 4.73. The predicted octanol–water partition coefficient (Wildman–Crippen LogP) is 3.38. The average Bonchev–Trinajstić information content (AvgIpc) is 3.31. The summed E-state index contributed by atoms with van der Waals surface area (Å²) >= 11 is 5.07. The first-order chi connectivity index (χ1) is 9.72. The van der Waals surface area contributed by atoms with E-state index in [1.54, 1.807) is 18.0 Å². The van der Waals surface area contributed by atoms with Gasteiger partial charge in [0.1, 0.15) is 10.9 Å². The summed E-state index contributed by atoms with van der Waals surface area (Å²) in [5, 5.41) is 10.6. The third-order valence-electron chi connectivity index (χ3n) is 3.56. The van der Waals surface area contributed by atoms with Crippen molar-refractivity contribution in [2.24, 2.45) is 0 Å². The number of hydrogen-bond acceptors (Lipinski definition) is 5. The van der Waals surface area contributed by atoms with Crippen LogP contribution in [0.2, 0.25) is 0 Å². The minimum atomic E-state index is 0.593. The lowest BCUT2D eigenvalue weighted by molar-refractivity contribution is 0.626. The van der Waals surface area contributed by atoms with Crippen LogP contribution in [0.25, 0.3) is 0 Å². The molecule has 0 aromatic carbocycles. The fraction of sp³-hybridized carbons (Fsp3) is 0.462. The molecule has 0 amide bonds. The van der Waals surface area contributed by atoms with E-state index in [-0.39, 0.29) is 0 Å². The largest absolute Gasteiger partial charge is 0.397 e. The van der Waals surface area contributed by atoms with E-state index in [4.69, 9.17) is 5.73 Å². The summed E-state index contributed by atoms with van der Waals surface area (Å²) in [6.45, 7) is 0. The molecule has 0 atom stereocenters. The molecule has 2 saturated carbocycles. The highest BCUT2D eigenvalue weighted by molar-refractivity contribution is 9.10. The van der Waals surface area contributed by atoms with Gasteiger partial charge >= 0.3 is 0 Å². The molecule has 0 unspecified atom stereocenters. The van der Waals surface area contributed by atoms with Gasteiger partial charge in [0.05, 0.1) is 16.4 Å². The number of nitrogens with two attached hydrogens (primary N) is 1. The van der Waals surface area contributed by atoms with Crippen molar-refractivity contribution in [3.05, 3.63) is 22.6 Å². The molecule has 4 rings (SSSR count). The lowest BCUT2D eigenvalue weighted by atomic mass is 10.4. The number of anilines is 1. The average molecular weight is 352 g/mol. The van der Waals surface area contributed by atoms with Gasteiger partial charge in [-0.15, -0.1) is 10.2 Å². The summed E-state index contributed by atoms with van der Waals surface area (Å²) in [7, 11) is 0. The summed E-state index contributed by atoms with van der Waals surface area (Å²) in [6, 6.07) is 2.46. The Morgan fingerprint density at radius 2 is 2.05 bits per heavy atom. The topological polar surface area (TPSA) is 69.6 Å². The fourth-order valence-corrected chi connectivity index (χ4v) is 3.72. The van der Waals surface area contributed by atoms with Gasteiger partial charge in [0.2, 0.25) is 0 Å². The Morgan fingerprint density at radius 1 is 1.25 bits per heavy atom. The van der Waals surface area contributed by atoms with Gasteiger partial charge in [-0.05, 0) is 59.4 Å². The quantitative estimate of drug-likeness (QED) is 0.914. The Morgan fingerprint density at radius 3 is 2.70 bits per heavy atom. The van der Waals surface area contributed by atoms with E-state index in [1.807, 2.05) is 6.07 Å². The van der Waals surface area contributed by atoms with Gasteiger partial charge in [-0.1, -0.05) is 0 Å². The van der Waals surface area contributed by atoms with Crippen molar-refractivity contribution in [2.45, 2.75) is 47.8 Å². The maximum atomic E-state index is 5.73. The highest BCUT2D eigenvalue weighted by atomic mass is 79.9. The maximum absolute atomic E-state index is 5.73. The van der Waals surface area contributed by atoms with Crippen LogP contribution in [-0.2, 0) is 0 Å². The van der Waals surface area contributed by atoms with E-state index in [0.29, 0.717) is 17.6 Å². The number of hydrogen-bond donors (Lipinski definition) is 1. The Bertz CT molecular complexity index is 663. The Labute approximate surface area is 129 Å². The molecular formula is C13H14BrN5S. The monoisotopic (exact) mass is 351 g/mol. The van der Waals surface area contributed by atoms with Gasteiger partial charge in [0, 0.05) is 12.0 Å². The highest BCUT2D eigenvalue weighted by Crippen LogP contribution is 2.47. The zero-order chi connectivity index (χ0) is 13.7. The minimum Gasteiger partial charge on any atom is -0.397 e. The first-order valence-corrected chi connectivity index (χ1v) is 8.37. The fourth-order valence-electron chi connectivity index (χ4n) is 2.26. The van der Waals surface area contributed by atoms with Crippen LogP contribution in [-0.4, -0.2) is 19.7 Å². The number of pyridine rings is 1. The van der Waals surface area contributed by atoms with Crippen molar-refractivity contribution < 1.29 is 0 Å². The molecule has 20 heavy (non-hydrogen) atoms. The van der Waals surface area contributed by atoms with E-state index in [1.165, 1.54) is 31.5 Å². The van der Waals surface area contributed by atoms with Crippen molar-refractivity contribution in [1.82, 2.24) is 19.7 Å². The molecule has 0 aliphatic heterocycles. The molecule has 2 fully saturated rings. The van der Waals surface area contributed by atoms with Crippen LogP contribution in [0.3, 0.4) is 0 Å². The summed E-state index contributed by atoms with van der Waals surface area (Å²) in [5.74, 6) is 1.79. The van der Waals surface area contributed by atoms with Gasteiger partial charge in [0.25, 0.3) is 0 Å². The third-order valence-corrected chi connectivity index (χ3v) is 5.41. The maximum Gasteiger partial charge on any atom is 0.197 e. The molecule has 2 heterocycles.